The fourth-order valence-corrected chi connectivity index (χ4v) is 2.34. The van der Waals surface area contributed by atoms with E-state index in [1.165, 1.54) is 24.7 Å². The Hall–Kier alpha value is -2.41. The zero-order valence-electron chi connectivity index (χ0n) is 11.8. The van der Waals surface area contributed by atoms with Gasteiger partial charge < -0.3 is 19.8 Å². The second-order valence-corrected chi connectivity index (χ2v) is 5.02. The Kier molecular flexibility index (Phi) is 4.34. The smallest absolute Gasteiger partial charge is 0.269 e. The van der Waals surface area contributed by atoms with Gasteiger partial charge in [0.25, 0.3) is 5.91 Å². The average molecular weight is 305 g/mol. The summed E-state index contributed by atoms with van der Waals surface area (Å²) in [5, 5.41) is 2.85. The molecule has 2 aromatic rings. The number of ether oxygens (including phenoxy) is 2. The van der Waals surface area contributed by atoms with Gasteiger partial charge in [0.05, 0.1) is 31.8 Å². The Morgan fingerprint density at radius 1 is 1.50 bits per heavy atom. The zero-order valence-corrected chi connectivity index (χ0v) is 11.8. The molecule has 0 saturated carbocycles. The predicted molar refractivity (Wildman–Crippen MR) is 76.1 cm³/mol. The number of carbonyl (C=O) groups is 1. The second-order valence-electron chi connectivity index (χ2n) is 5.02. The molecule has 0 bridgehead atoms. The number of nitrogens with zero attached hydrogens (tertiary/aromatic N) is 1. The first-order chi connectivity index (χ1) is 10.7. The highest BCUT2D eigenvalue weighted by molar-refractivity contribution is 5.92. The Morgan fingerprint density at radius 2 is 2.41 bits per heavy atom. The molecule has 22 heavy (non-hydrogen) atoms. The van der Waals surface area contributed by atoms with Gasteiger partial charge in [-0.1, -0.05) is 6.07 Å². The average Bonchev–Trinajstić information content (AvgIpc) is 3.04. The van der Waals surface area contributed by atoms with Crippen molar-refractivity contribution in [2.24, 2.45) is 0 Å². The molecule has 0 unspecified atom stereocenters. The summed E-state index contributed by atoms with van der Waals surface area (Å²) in [5.74, 6) is -0.198. The van der Waals surface area contributed by atoms with Crippen molar-refractivity contribution >= 4 is 5.91 Å². The van der Waals surface area contributed by atoms with Crippen molar-refractivity contribution in [2.75, 3.05) is 13.2 Å². The summed E-state index contributed by atoms with van der Waals surface area (Å²) in [4.78, 5) is 18.6. The Bertz CT molecular complexity index is 633. The molecule has 1 aromatic heterocycles. The van der Waals surface area contributed by atoms with E-state index in [-0.39, 0.29) is 23.9 Å². The van der Waals surface area contributed by atoms with Crippen LogP contribution in [0.4, 0.5) is 4.39 Å². The minimum Gasteiger partial charge on any atom is -0.488 e. The molecule has 1 fully saturated rings. The molecule has 0 spiro atoms. The lowest BCUT2D eigenvalue weighted by atomic mass is 10.1. The lowest BCUT2D eigenvalue weighted by Gasteiger charge is -2.32. The monoisotopic (exact) mass is 305 g/mol. The van der Waals surface area contributed by atoms with Gasteiger partial charge in [-0.25, -0.2) is 9.37 Å². The fraction of sp³-hybridized carbons (Fsp3) is 0.333. The third-order valence-corrected chi connectivity index (χ3v) is 3.44. The molecule has 2 heterocycles. The highest BCUT2D eigenvalue weighted by Crippen LogP contribution is 2.19. The van der Waals surface area contributed by atoms with Gasteiger partial charge in [0, 0.05) is 12.5 Å². The van der Waals surface area contributed by atoms with Crippen LogP contribution in [0.25, 0.3) is 0 Å². The number of hydrogen-bond acceptors (Lipinski definition) is 4. The molecule has 7 heteroatoms. The number of aromatic amines is 1. The predicted octanol–water partition coefficient (Wildman–Crippen LogP) is 1.52. The summed E-state index contributed by atoms with van der Waals surface area (Å²) < 4.78 is 24.4. The molecule has 1 saturated heterocycles. The van der Waals surface area contributed by atoms with E-state index >= 15 is 0 Å². The third-order valence-electron chi connectivity index (χ3n) is 3.44. The number of benzene rings is 1. The van der Waals surface area contributed by atoms with Crippen molar-refractivity contribution in [2.45, 2.75) is 18.6 Å². The first-order valence-corrected chi connectivity index (χ1v) is 7.01. The van der Waals surface area contributed by atoms with Crippen LogP contribution in [0.2, 0.25) is 0 Å². The van der Waals surface area contributed by atoms with Crippen LogP contribution in [0, 0.1) is 5.82 Å². The maximum atomic E-state index is 13.2. The van der Waals surface area contributed by atoms with E-state index in [0.29, 0.717) is 31.1 Å². The molecule has 0 radical (unpaired) electrons. The van der Waals surface area contributed by atoms with Crippen LogP contribution < -0.4 is 10.1 Å². The molecule has 0 aliphatic carbocycles. The highest BCUT2D eigenvalue weighted by Gasteiger charge is 2.29. The summed E-state index contributed by atoms with van der Waals surface area (Å²) in [6, 6.07) is 5.64. The molecule has 1 aromatic carbocycles. The zero-order chi connectivity index (χ0) is 15.4. The van der Waals surface area contributed by atoms with Gasteiger partial charge in [0.2, 0.25) is 0 Å². The second kappa shape index (κ2) is 6.57. The van der Waals surface area contributed by atoms with E-state index in [9.17, 15) is 9.18 Å². The fourth-order valence-electron chi connectivity index (χ4n) is 2.34. The van der Waals surface area contributed by atoms with Crippen LogP contribution in [-0.4, -0.2) is 41.2 Å². The van der Waals surface area contributed by atoms with E-state index < -0.39 is 0 Å². The van der Waals surface area contributed by atoms with Crippen LogP contribution in [0.15, 0.2) is 36.8 Å². The summed E-state index contributed by atoms with van der Waals surface area (Å²) in [6.45, 7) is 0.885. The lowest BCUT2D eigenvalue weighted by molar-refractivity contribution is -0.00303. The maximum absolute atomic E-state index is 13.2. The molecule has 3 rings (SSSR count). The minimum absolute atomic E-state index is 0.276. The Balaban J connectivity index is 1.67. The topological polar surface area (TPSA) is 76.2 Å². The van der Waals surface area contributed by atoms with Crippen molar-refractivity contribution in [1.82, 2.24) is 15.3 Å². The molecule has 6 nitrogen and oxygen atoms in total. The molecular weight excluding hydrogens is 289 g/mol. The van der Waals surface area contributed by atoms with Crippen molar-refractivity contribution in [3.8, 4) is 5.75 Å². The van der Waals surface area contributed by atoms with Gasteiger partial charge in [-0.2, -0.15) is 0 Å². The number of halogens is 1. The number of hydrogen-bond donors (Lipinski definition) is 2. The van der Waals surface area contributed by atoms with Crippen molar-refractivity contribution < 1.29 is 18.7 Å². The van der Waals surface area contributed by atoms with Crippen molar-refractivity contribution in [3.63, 3.8) is 0 Å². The maximum Gasteiger partial charge on any atom is 0.269 e. The molecule has 1 aliphatic rings. The van der Waals surface area contributed by atoms with Gasteiger partial charge in [-0.15, -0.1) is 0 Å². The molecule has 1 aliphatic heterocycles. The van der Waals surface area contributed by atoms with Crippen LogP contribution in [0.5, 0.6) is 5.75 Å². The van der Waals surface area contributed by atoms with E-state index in [0.717, 1.165) is 0 Å². The third kappa shape index (κ3) is 3.43. The van der Waals surface area contributed by atoms with Gasteiger partial charge >= 0.3 is 0 Å². The number of aromatic nitrogens is 2. The van der Waals surface area contributed by atoms with Gasteiger partial charge in [0.15, 0.2) is 0 Å². The summed E-state index contributed by atoms with van der Waals surface area (Å²) in [5.41, 5.74) is 0.370. The van der Waals surface area contributed by atoms with E-state index in [1.54, 1.807) is 12.1 Å². The molecule has 116 valence electrons. The minimum atomic E-state index is -0.359. The summed E-state index contributed by atoms with van der Waals surface area (Å²) >= 11 is 0. The van der Waals surface area contributed by atoms with Crippen LogP contribution >= 0.6 is 0 Å². The van der Waals surface area contributed by atoms with Crippen LogP contribution in [-0.2, 0) is 4.74 Å². The molecule has 2 atom stereocenters. The summed E-state index contributed by atoms with van der Waals surface area (Å²) in [7, 11) is 0. The number of rotatable bonds is 4. The molecule has 1 amide bonds. The van der Waals surface area contributed by atoms with E-state index in [4.69, 9.17) is 9.47 Å². The van der Waals surface area contributed by atoms with Gasteiger partial charge in [0.1, 0.15) is 23.4 Å². The van der Waals surface area contributed by atoms with Crippen molar-refractivity contribution in [3.05, 3.63) is 48.3 Å². The van der Waals surface area contributed by atoms with Gasteiger partial charge in [-0.3, -0.25) is 4.79 Å². The van der Waals surface area contributed by atoms with Gasteiger partial charge in [-0.05, 0) is 12.1 Å². The quantitative estimate of drug-likeness (QED) is 0.898. The number of amides is 1. The molecular formula is C15H16FN3O3. The highest BCUT2D eigenvalue weighted by atomic mass is 19.1. The largest absolute Gasteiger partial charge is 0.488 e. The number of carbonyl (C=O) groups excluding carboxylic acids is 1. The molecule has 2 N–H and O–H groups in total. The first kappa shape index (κ1) is 14.5. The van der Waals surface area contributed by atoms with Crippen LogP contribution in [0.1, 0.15) is 16.9 Å². The Morgan fingerprint density at radius 3 is 3.18 bits per heavy atom. The normalized spacial score (nSPS) is 21.3. The number of imidazole rings is 1. The van der Waals surface area contributed by atoms with Crippen LogP contribution in [0.3, 0.4) is 0 Å². The number of H-pyrrole nitrogens is 1. The SMILES string of the molecule is O=C(N[C@@H]1COCC[C@@H]1Oc1cccc(F)c1)c1cnc[nH]1. The van der Waals surface area contributed by atoms with E-state index in [2.05, 4.69) is 15.3 Å². The van der Waals surface area contributed by atoms with Crippen molar-refractivity contribution in [1.29, 1.82) is 0 Å². The lowest BCUT2D eigenvalue weighted by Crippen LogP contribution is -2.51. The Labute approximate surface area is 126 Å². The van der Waals surface area contributed by atoms with E-state index in [1.807, 2.05) is 0 Å². The number of nitrogens with one attached hydrogen (secondary N) is 2. The standard InChI is InChI=1S/C15H16FN3O3/c16-10-2-1-3-11(6-10)22-14-4-5-21-8-13(14)19-15(20)12-7-17-9-18-12/h1-3,6-7,9,13-14H,4-5,8H2,(H,17,18)(H,19,20)/t13-,14+/m1/s1. The first-order valence-electron chi connectivity index (χ1n) is 7.01. The summed E-state index contributed by atoms with van der Waals surface area (Å²) in [6.07, 6.45) is 3.22.